The van der Waals surface area contributed by atoms with Gasteiger partial charge in [0, 0.05) is 27.9 Å². The molecule has 0 aliphatic heterocycles. The minimum Gasteiger partial charge on any atom is -0.497 e. The molecule has 3 amide bonds. The third-order valence-electron chi connectivity index (χ3n) is 7.99. The van der Waals surface area contributed by atoms with Crippen LogP contribution in [-0.2, 0) is 16.2 Å². The fourth-order valence-corrected chi connectivity index (χ4v) is 6.38. The summed E-state index contributed by atoms with van der Waals surface area (Å²) in [5.74, 6) is 0.149. The molecule has 0 saturated heterocycles. The maximum atomic E-state index is 13.8. The highest BCUT2D eigenvalue weighted by molar-refractivity contribution is 8.00. The van der Waals surface area contributed by atoms with Crippen molar-refractivity contribution in [2.45, 2.75) is 16.8 Å². The number of carbonyl (C=O) groups excluding carboxylic acids is 3. The van der Waals surface area contributed by atoms with Crippen molar-refractivity contribution in [3.8, 4) is 11.5 Å². The fraction of sp³-hybridized carbons (Fsp3) is 0.0682. The molecule has 0 bridgehead atoms. The summed E-state index contributed by atoms with van der Waals surface area (Å²) in [4.78, 5) is 41.5. The highest BCUT2D eigenvalue weighted by Gasteiger charge is 2.23. The zero-order chi connectivity index (χ0) is 36.8. The zero-order valence-corrected chi connectivity index (χ0v) is 29.7. The van der Waals surface area contributed by atoms with Gasteiger partial charge in [0.2, 0.25) is 5.91 Å². The lowest BCUT2D eigenvalue weighted by Crippen LogP contribution is -2.30. The van der Waals surface area contributed by atoms with Crippen molar-refractivity contribution in [3.05, 3.63) is 192 Å². The molecule has 0 spiro atoms. The van der Waals surface area contributed by atoms with E-state index < -0.39 is 17.1 Å². The Morgan fingerprint density at radius 1 is 0.660 bits per heavy atom. The Hall–Kier alpha value is -6.58. The minimum atomic E-state index is -0.603. The molecule has 8 nitrogen and oxygen atoms in total. The van der Waals surface area contributed by atoms with Gasteiger partial charge >= 0.3 is 0 Å². The summed E-state index contributed by atoms with van der Waals surface area (Å²) in [6.45, 7) is 0.424. The van der Waals surface area contributed by atoms with Gasteiger partial charge in [-0.3, -0.25) is 14.4 Å². The SMILES string of the molecule is COc1cccc(NC(=O)C(Sc2cccc(NC(=O)/C(=C\c3ccc(OCc4ccccc4)cc3)NC(=O)c3ccccc3)c2)c2ccccc2)c1. The minimum absolute atomic E-state index is 0.0506. The van der Waals surface area contributed by atoms with E-state index in [1.807, 2.05) is 109 Å². The van der Waals surface area contributed by atoms with E-state index in [1.165, 1.54) is 11.8 Å². The molecule has 0 aliphatic carbocycles. The maximum absolute atomic E-state index is 13.8. The molecule has 264 valence electrons. The average Bonchev–Trinajstić information content (AvgIpc) is 3.20. The van der Waals surface area contributed by atoms with Gasteiger partial charge in [0.05, 0.1) is 7.11 Å². The van der Waals surface area contributed by atoms with Crippen molar-refractivity contribution in [2.24, 2.45) is 0 Å². The third kappa shape index (κ3) is 10.5. The van der Waals surface area contributed by atoms with Gasteiger partial charge in [0.1, 0.15) is 29.1 Å². The molecule has 0 radical (unpaired) electrons. The number of rotatable bonds is 14. The summed E-state index contributed by atoms with van der Waals surface area (Å²) in [6, 6.07) is 49.8. The first-order valence-electron chi connectivity index (χ1n) is 16.9. The monoisotopic (exact) mass is 719 g/mol. The van der Waals surface area contributed by atoms with Gasteiger partial charge in [-0.2, -0.15) is 0 Å². The van der Waals surface area contributed by atoms with Gasteiger partial charge in [-0.05, 0) is 77.4 Å². The highest BCUT2D eigenvalue weighted by Crippen LogP contribution is 2.37. The van der Waals surface area contributed by atoms with E-state index in [0.29, 0.717) is 40.6 Å². The van der Waals surface area contributed by atoms with E-state index in [0.717, 1.165) is 16.0 Å². The second-order valence-electron chi connectivity index (χ2n) is 11.8. The number of amides is 3. The summed E-state index contributed by atoms with van der Waals surface area (Å²) < 4.78 is 11.2. The van der Waals surface area contributed by atoms with Crippen molar-refractivity contribution in [1.29, 1.82) is 0 Å². The molecule has 3 N–H and O–H groups in total. The molecule has 1 unspecified atom stereocenters. The van der Waals surface area contributed by atoms with Gasteiger partial charge in [0.15, 0.2) is 0 Å². The Balaban J connectivity index is 1.20. The fourth-order valence-electron chi connectivity index (χ4n) is 5.30. The predicted octanol–water partition coefficient (Wildman–Crippen LogP) is 9.16. The van der Waals surface area contributed by atoms with Crippen LogP contribution in [0.4, 0.5) is 11.4 Å². The molecule has 0 aromatic heterocycles. The van der Waals surface area contributed by atoms with Gasteiger partial charge in [0.25, 0.3) is 11.8 Å². The number of ether oxygens (including phenoxy) is 2. The molecule has 0 fully saturated rings. The normalized spacial score (nSPS) is 11.5. The molecule has 0 heterocycles. The maximum Gasteiger partial charge on any atom is 0.272 e. The summed E-state index contributed by atoms with van der Waals surface area (Å²) in [7, 11) is 1.58. The van der Waals surface area contributed by atoms with Crippen LogP contribution in [0.5, 0.6) is 11.5 Å². The smallest absolute Gasteiger partial charge is 0.272 e. The topological polar surface area (TPSA) is 106 Å². The number of benzene rings is 6. The molecule has 0 aliphatic rings. The number of methoxy groups -OCH3 is 1. The van der Waals surface area contributed by atoms with Crippen molar-refractivity contribution in [2.75, 3.05) is 17.7 Å². The molecule has 0 saturated carbocycles. The number of carbonyl (C=O) groups is 3. The Labute approximate surface area is 312 Å². The molecule has 1 atom stereocenters. The van der Waals surface area contributed by atoms with Crippen LogP contribution in [0.25, 0.3) is 6.08 Å². The van der Waals surface area contributed by atoms with Gasteiger partial charge in [-0.1, -0.05) is 103 Å². The molecular formula is C44H37N3O5S. The van der Waals surface area contributed by atoms with E-state index >= 15 is 0 Å². The number of nitrogens with one attached hydrogen (secondary N) is 3. The quantitative estimate of drug-likeness (QED) is 0.0766. The van der Waals surface area contributed by atoms with Crippen LogP contribution in [-0.4, -0.2) is 24.8 Å². The second kappa shape index (κ2) is 18.1. The van der Waals surface area contributed by atoms with Crippen molar-refractivity contribution in [1.82, 2.24) is 5.32 Å². The Kier molecular flexibility index (Phi) is 12.4. The zero-order valence-electron chi connectivity index (χ0n) is 28.9. The molecular weight excluding hydrogens is 683 g/mol. The molecule has 9 heteroatoms. The number of hydrogen-bond acceptors (Lipinski definition) is 6. The van der Waals surface area contributed by atoms with E-state index in [9.17, 15) is 14.4 Å². The van der Waals surface area contributed by atoms with E-state index in [2.05, 4.69) is 16.0 Å². The van der Waals surface area contributed by atoms with Crippen molar-refractivity contribution >= 4 is 46.9 Å². The van der Waals surface area contributed by atoms with Crippen LogP contribution in [0.1, 0.15) is 32.3 Å². The van der Waals surface area contributed by atoms with Gasteiger partial charge < -0.3 is 25.4 Å². The van der Waals surface area contributed by atoms with Crippen LogP contribution in [0.2, 0.25) is 0 Å². The van der Waals surface area contributed by atoms with Crippen LogP contribution < -0.4 is 25.4 Å². The lowest BCUT2D eigenvalue weighted by Gasteiger charge is -2.18. The van der Waals surface area contributed by atoms with Gasteiger partial charge in [-0.25, -0.2) is 0 Å². The molecule has 6 rings (SSSR count). The number of thioether (sulfide) groups is 1. The first-order chi connectivity index (χ1) is 25.9. The Morgan fingerprint density at radius 3 is 2.00 bits per heavy atom. The van der Waals surface area contributed by atoms with E-state index in [1.54, 1.807) is 67.8 Å². The standard InChI is InChI=1S/C44H37N3O5S/c1-51-38-21-11-19-35(28-38)46-44(50)41(33-15-7-3-8-16-33)53-39-22-12-20-36(29-39)45-43(49)40(47-42(48)34-17-9-4-10-18-34)27-31-23-25-37(26-24-31)52-30-32-13-5-2-6-14-32/h2-29,41H,30H2,1H3,(H,45,49)(H,46,50)(H,47,48)/b40-27+. The summed E-state index contributed by atoms with van der Waals surface area (Å²) in [5.41, 5.74) is 4.12. The average molecular weight is 720 g/mol. The van der Waals surface area contributed by atoms with Crippen molar-refractivity contribution in [3.63, 3.8) is 0 Å². The summed E-state index contributed by atoms with van der Waals surface area (Å²) in [6.07, 6.45) is 1.62. The van der Waals surface area contributed by atoms with Gasteiger partial charge in [-0.15, -0.1) is 11.8 Å². The van der Waals surface area contributed by atoms with Crippen LogP contribution >= 0.6 is 11.8 Å². The highest BCUT2D eigenvalue weighted by atomic mass is 32.2. The Bertz CT molecular complexity index is 2180. The van der Waals surface area contributed by atoms with Crippen LogP contribution in [0.15, 0.2) is 174 Å². The van der Waals surface area contributed by atoms with Crippen LogP contribution in [0.3, 0.4) is 0 Å². The first-order valence-corrected chi connectivity index (χ1v) is 17.7. The van der Waals surface area contributed by atoms with E-state index in [4.69, 9.17) is 9.47 Å². The third-order valence-corrected chi connectivity index (χ3v) is 9.24. The second-order valence-corrected chi connectivity index (χ2v) is 13.0. The molecule has 6 aromatic carbocycles. The first kappa shape index (κ1) is 36.2. The van der Waals surface area contributed by atoms with Crippen LogP contribution in [0, 0.1) is 0 Å². The van der Waals surface area contributed by atoms with E-state index in [-0.39, 0.29) is 11.6 Å². The summed E-state index contributed by atoms with van der Waals surface area (Å²) >= 11 is 1.35. The summed E-state index contributed by atoms with van der Waals surface area (Å²) in [5, 5.41) is 8.12. The van der Waals surface area contributed by atoms with Crippen molar-refractivity contribution < 1.29 is 23.9 Å². The Morgan fingerprint density at radius 2 is 1.30 bits per heavy atom. The lowest BCUT2D eigenvalue weighted by atomic mass is 10.1. The number of anilines is 2. The molecule has 53 heavy (non-hydrogen) atoms. The lowest BCUT2D eigenvalue weighted by molar-refractivity contribution is -0.116. The predicted molar refractivity (Wildman–Crippen MR) is 211 cm³/mol. The largest absolute Gasteiger partial charge is 0.497 e. The molecule has 6 aromatic rings. The number of hydrogen-bond donors (Lipinski definition) is 3.